The summed E-state index contributed by atoms with van der Waals surface area (Å²) >= 11 is 0. The minimum Gasteiger partial charge on any atom is -0.308 e. The average molecular weight is 229 g/mol. The van der Waals surface area contributed by atoms with Gasteiger partial charge in [-0.1, -0.05) is 42.3 Å². The van der Waals surface area contributed by atoms with E-state index >= 15 is 0 Å². The lowest BCUT2D eigenvalue weighted by Gasteiger charge is -2.26. The predicted molar refractivity (Wildman–Crippen MR) is 75.2 cm³/mol. The summed E-state index contributed by atoms with van der Waals surface area (Å²) in [7, 11) is 0. The van der Waals surface area contributed by atoms with E-state index in [1.54, 1.807) is 0 Å². The van der Waals surface area contributed by atoms with Crippen molar-refractivity contribution in [2.75, 3.05) is 0 Å². The summed E-state index contributed by atoms with van der Waals surface area (Å²) in [6, 6.07) is 7.87. The Labute approximate surface area is 105 Å². The highest BCUT2D eigenvalue weighted by atomic mass is 14.9. The first-order valence-electron chi connectivity index (χ1n) is 6.66. The largest absolute Gasteiger partial charge is 0.308 e. The number of hydrogen-bond donors (Lipinski definition) is 1. The Hall–Kier alpha value is -1.08. The first-order valence-corrected chi connectivity index (χ1v) is 6.66. The topological polar surface area (TPSA) is 12.0 Å². The van der Waals surface area contributed by atoms with Crippen LogP contribution in [0.4, 0.5) is 0 Å². The van der Waals surface area contributed by atoms with E-state index in [1.165, 1.54) is 36.0 Å². The third kappa shape index (κ3) is 3.44. The van der Waals surface area contributed by atoms with Crippen molar-refractivity contribution >= 4 is 6.08 Å². The molecule has 1 aliphatic rings. The van der Waals surface area contributed by atoms with E-state index in [0.717, 1.165) is 0 Å². The van der Waals surface area contributed by atoms with E-state index in [9.17, 15) is 0 Å². The fourth-order valence-electron chi connectivity index (χ4n) is 2.56. The van der Waals surface area contributed by atoms with Gasteiger partial charge < -0.3 is 5.32 Å². The molecule has 2 unspecified atom stereocenters. The Morgan fingerprint density at radius 3 is 2.76 bits per heavy atom. The highest BCUT2D eigenvalue weighted by molar-refractivity contribution is 5.54. The molecule has 0 aliphatic carbocycles. The van der Waals surface area contributed by atoms with Crippen LogP contribution in [0.15, 0.2) is 24.3 Å². The van der Waals surface area contributed by atoms with Gasteiger partial charge in [0.1, 0.15) is 0 Å². The zero-order chi connectivity index (χ0) is 12.3. The molecule has 0 aromatic heterocycles. The van der Waals surface area contributed by atoms with Crippen LogP contribution in [0.1, 0.15) is 42.9 Å². The zero-order valence-corrected chi connectivity index (χ0v) is 11.2. The van der Waals surface area contributed by atoms with Crippen molar-refractivity contribution in [3.63, 3.8) is 0 Å². The van der Waals surface area contributed by atoms with Gasteiger partial charge in [-0.25, -0.2) is 0 Å². The Morgan fingerprint density at radius 1 is 1.24 bits per heavy atom. The zero-order valence-electron chi connectivity index (χ0n) is 11.2. The molecule has 1 aromatic rings. The molecule has 2 rings (SSSR count). The SMILES string of the molecule is Cc1ccc(/C=C/C2CCCC(C)N2)c(C)c1. The van der Waals surface area contributed by atoms with Crippen LogP contribution in [0, 0.1) is 13.8 Å². The number of benzene rings is 1. The maximum atomic E-state index is 3.63. The molecular weight excluding hydrogens is 206 g/mol. The van der Waals surface area contributed by atoms with Gasteiger partial charge in [-0.3, -0.25) is 0 Å². The Kier molecular flexibility index (Phi) is 4.01. The highest BCUT2D eigenvalue weighted by Crippen LogP contribution is 2.16. The Balaban J connectivity index is 2.04. The Morgan fingerprint density at radius 2 is 2.06 bits per heavy atom. The van der Waals surface area contributed by atoms with Crippen LogP contribution < -0.4 is 5.32 Å². The molecule has 2 atom stereocenters. The molecule has 0 radical (unpaired) electrons. The number of piperidine rings is 1. The lowest BCUT2D eigenvalue weighted by Crippen LogP contribution is -2.39. The van der Waals surface area contributed by atoms with Gasteiger partial charge in [-0.15, -0.1) is 0 Å². The predicted octanol–water partition coefficient (Wildman–Crippen LogP) is 3.85. The lowest BCUT2D eigenvalue weighted by molar-refractivity contribution is 0.375. The highest BCUT2D eigenvalue weighted by Gasteiger charge is 2.14. The molecule has 92 valence electrons. The molecule has 1 N–H and O–H groups in total. The van der Waals surface area contributed by atoms with Crippen molar-refractivity contribution in [1.29, 1.82) is 0 Å². The van der Waals surface area contributed by atoms with Gasteiger partial charge in [0.15, 0.2) is 0 Å². The van der Waals surface area contributed by atoms with Gasteiger partial charge >= 0.3 is 0 Å². The number of nitrogens with one attached hydrogen (secondary N) is 1. The third-order valence-electron chi connectivity index (χ3n) is 3.58. The molecule has 1 heteroatoms. The van der Waals surface area contributed by atoms with E-state index in [1.807, 2.05) is 0 Å². The molecule has 0 bridgehead atoms. The van der Waals surface area contributed by atoms with Crippen molar-refractivity contribution in [2.45, 2.75) is 52.1 Å². The third-order valence-corrected chi connectivity index (χ3v) is 3.58. The van der Waals surface area contributed by atoms with Crippen molar-refractivity contribution in [3.05, 3.63) is 41.0 Å². The summed E-state index contributed by atoms with van der Waals surface area (Å²) in [6.07, 6.45) is 8.52. The second kappa shape index (κ2) is 5.50. The van der Waals surface area contributed by atoms with Crippen molar-refractivity contribution in [1.82, 2.24) is 5.32 Å². The lowest BCUT2D eigenvalue weighted by atomic mass is 9.98. The molecule has 0 spiro atoms. The molecule has 1 nitrogen and oxygen atoms in total. The van der Waals surface area contributed by atoms with Gasteiger partial charge in [0, 0.05) is 12.1 Å². The number of hydrogen-bond acceptors (Lipinski definition) is 1. The summed E-state index contributed by atoms with van der Waals surface area (Å²) in [4.78, 5) is 0. The maximum Gasteiger partial charge on any atom is 0.0255 e. The van der Waals surface area contributed by atoms with Crippen molar-refractivity contribution in [3.8, 4) is 0 Å². The summed E-state index contributed by atoms with van der Waals surface area (Å²) in [6.45, 7) is 6.60. The monoisotopic (exact) mass is 229 g/mol. The van der Waals surface area contributed by atoms with Crippen LogP contribution >= 0.6 is 0 Å². The normalized spacial score (nSPS) is 25.4. The van der Waals surface area contributed by atoms with Crippen LogP contribution in [0.25, 0.3) is 6.08 Å². The molecule has 1 fully saturated rings. The van der Waals surface area contributed by atoms with Crippen molar-refractivity contribution in [2.24, 2.45) is 0 Å². The first-order chi connectivity index (χ1) is 8.15. The van der Waals surface area contributed by atoms with E-state index in [2.05, 4.69) is 56.4 Å². The number of aryl methyl sites for hydroxylation is 2. The van der Waals surface area contributed by atoms with Crippen LogP contribution in [0.3, 0.4) is 0 Å². The molecule has 1 aromatic carbocycles. The quantitative estimate of drug-likeness (QED) is 0.812. The first kappa shape index (κ1) is 12.4. The second-order valence-corrected chi connectivity index (χ2v) is 5.32. The van der Waals surface area contributed by atoms with Gasteiger partial charge in [-0.2, -0.15) is 0 Å². The summed E-state index contributed by atoms with van der Waals surface area (Å²) in [5.74, 6) is 0. The van der Waals surface area contributed by atoms with E-state index in [-0.39, 0.29) is 0 Å². The van der Waals surface area contributed by atoms with Crippen LogP contribution in [0.5, 0.6) is 0 Å². The van der Waals surface area contributed by atoms with E-state index < -0.39 is 0 Å². The summed E-state index contributed by atoms with van der Waals surface area (Å²) in [5, 5.41) is 3.63. The van der Waals surface area contributed by atoms with E-state index in [4.69, 9.17) is 0 Å². The summed E-state index contributed by atoms with van der Waals surface area (Å²) < 4.78 is 0. The molecule has 0 amide bonds. The minimum absolute atomic E-state index is 0.555. The second-order valence-electron chi connectivity index (χ2n) is 5.32. The Bertz CT molecular complexity index is 406. The van der Waals surface area contributed by atoms with E-state index in [0.29, 0.717) is 12.1 Å². The van der Waals surface area contributed by atoms with Crippen LogP contribution in [-0.4, -0.2) is 12.1 Å². The average Bonchev–Trinajstić information content (AvgIpc) is 2.28. The van der Waals surface area contributed by atoms with Gasteiger partial charge in [0.25, 0.3) is 0 Å². The molecule has 17 heavy (non-hydrogen) atoms. The van der Waals surface area contributed by atoms with Gasteiger partial charge in [0.05, 0.1) is 0 Å². The molecular formula is C16H23N. The number of rotatable bonds is 2. The smallest absolute Gasteiger partial charge is 0.0255 e. The molecule has 1 aliphatic heterocycles. The molecule has 1 saturated heterocycles. The fourth-order valence-corrected chi connectivity index (χ4v) is 2.56. The molecule has 1 heterocycles. The molecule has 0 saturated carbocycles. The van der Waals surface area contributed by atoms with Crippen molar-refractivity contribution < 1.29 is 0 Å². The van der Waals surface area contributed by atoms with Gasteiger partial charge in [0.2, 0.25) is 0 Å². The maximum absolute atomic E-state index is 3.63. The minimum atomic E-state index is 0.555. The van der Waals surface area contributed by atoms with Gasteiger partial charge in [-0.05, 0) is 44.7 Å². The van der Waals surface area contributed by atoms with Crippen LogP contribution in [-0.2, 0) is 0 Å². The standard InChI is InChI=1S/C16H23N/c1-12-7-8-15(13(2)11-12)9-10-16-6-4-5-14(3)17-16/h7-11,14,16-17H,4-6H2,1-3H3/b10-9+. The summed E-state index contributed by atoms with van der Waals surface area (Å²) in [5.41, 5.74) is 4.05. The van der Waals surface area contributed by atoms with Crippen LogP contribution in [0.2, 0.25) is 0 Å². The fraction of sp³-hybridized carbons (Fsp3) is 0.500.